The first kappa shape index (κ1) is 17.5. The topological polar surface area (TPSA) is 70.7 Å². The number of nitriles is 1. The van der Waals surface area contributed by atoms with Crippen LogP contribution in [0.15, 0.2) is 36.0 Å². The van der Waals surface area contributed by atoms with Gasteiger partial charge in [0.1, 0.15) is 11.6 Å². The van der Waals surface area contributed by atoms with E-state index in [1.54, 1.807) is 12.3 Å². The molecule has 0 aliphatic rings. The zero-order valence-corrected chi connectivity index (χ0v) is 14.3. The summed E-state index contributed by atoms with van der Waals surface area (Å²) < 4.78 is 2.20. The molecule has 0 saturated carbocycles. The van der Waals surface area contributed by atoms with Crippen LogP contribution >= 0.6 is 0 Å². The van der Waals surface area contributed by atoms with E-state index in [2.05, 4.69) is 21.8 Å². The Bertz CT molecular complexity index is 782. The molecule has 0 aliphatic heterocycles. The molecule has 0 spiro atoms. The van der Waals surface area contributed by atoms with Gasteiger partial charge in [0.2, 0.25) is 0 Å². The molecule has 0 atom stereocenters. The fourth-order valence-corrected chi connectivity index (χ4v) is 2.61. The van der Waals surface area contributed by atoms with Crippen molar-refractivity contribution in [2.45, 2.75) is 40.3 Å². The average Bonchev–Trinajstić information content (AvgIpc) is 2.86. The summed E-state index contributed by atoms with van der Waals surface area (Å²) in [5.74, 6) is -0.386. The molecule has 2 heterocycles. The summed E-state index contributed by atoms with van der Waals surface area (Å²) in [5, 5.41) is 12.1. The zero-order valence-electron chi connectivity index (χ0n) is 14.3. The van der Waals surface area contributed by atoms with E-state index < -0.39 is 0 Å². The van der Waals surface area contributed by atoms with Crippen molar-refractivity contribution in [1.82, 2.24) is 14.9 Å². The molecule has 0 saturated heterocycles. The minimum atomic E-state index is -0.386. The van der Waals surface area contributed by atoms with Crippen molar-refractivity contribution in [3.63, 3.8) is 0 Å². The molecule has 5 nitrogen and oxygen atoms in total. The van der Waals surface area contributed by atoms with Crippen LogP contribution in [0.5, 0.6) is 0 Å². The molecule has 1 amide bonds. The Morgan fingerprint density at radius 3 is 2.83 bits per heavy atom. The first-order valence-corrected chi connectivity index (χ1v) is 8.03. The highest BCUT2D eigenvalue weighted by Crippen LogP contribution is 2.18. The van der Waals surface area contributed by atoms with Gasteiger partial charge < -0.3 is 9.88 Å². The lowest BCUT2D eigenvalue weighted by atomic mass is 10.1. The Morgan fingerprint density at radius 2 is 2.21 bits per heavy atom. The van der Waals surface area contributed by atoms with E-state index >= 15 is 0 Å². The zero-order chi connectivity index (χ0) is 17.5. The molecule has 2 aromatic rings. The van der Waals surface area contributed by atoms with Crippen LogP contribution in [-0.4, -0.2) is 15.5 Å². The van der Waals surface area contributed by atoms with E-state index in [1.807, 2.05) is 44.2 Å². The summed E-state index contributed by atoms with van der Waals surface area (Å²) in [5.41, 5.74) is 3.96. The number of carbonyl (C=O) groups is 1. The van der Waals surface area contributed by atoms with Crippen LogP contribution in [0.2, 0.25) is 0 Å². The second-order valence-corrected chi connectivity index (χ2v) is 5.65. The quantitative estimate of drug-likeness (QED) is 0.656. The lowest BCUT2D eigenvalue weighted by Crippen LogP contribution is -2.24. The molecular formula is C19H22N4O. The molecule has 2 rings (SSSR count). The number of aromatic nitrogens is 2. The van der Waals surface area contributed by atoms with Crippen molar-refractivity contribution >= 4 is 12.0 Å². The van der Waals surface area contributed by atoms with Crippen molar-refractivity contribution in [3.05, 3.63) is 58.7 Å². The Morgan fingerprint density at radius 1 is 1.42 bits per heavy atom. The summed E-state index contributed by atoms with van der Waals surface area (Å²) in [6.07, 6.45) is 4.36. The van der Waals surface area contributed by atoms with Crippen molar-refractivity contribution < 1.29 is 4.79 Å². The van der Waals surface area contributed by atoms with Crippen molar-refractivity contribution in [3.8, 4) is 6.07 Å². The Labute approximate surface area is 142 Å². The van der Waals surface area contributed by atoms with Gasteiger partial charge in [0, 0.05) is 24.1 Å². The van der Waals surface area contributed by atoms with Crippen LogP contribution in [0.25, 0.3) is 6.08 Å². The third-order valence-corrected chi connectivity index (χ3v) is 3.88. The van der Waals surface area contributed by atoms with Gasteiger partial charge in [-0.2, -0.15) is 5.26 Å². The number of hydrogen-bond donors (Lipinski definition) is 1. The predicted octanol–water partition coefficient (Wildman–Crippen LogP) is 3.13. The monoisotopic (exact) mass is 322 g/mol. The maximum absolute atomic E-state index is 12.2. The molecule has 0 aliphatic carbocycles. The standard InChI is InChI=1S/C19H22N4O/c1-4-9-23-14(2)10-16(15(23)3)11-17(12-20)19(24)22-13-18-7-5-6-8-21-18/h5-8,10-11H,4,9,13H2,1-3H3,(H,22,24)/b17-11+. The summed E-state index contributed by atoms with van der Waals surface area (Å²) in [7, 11) is 0. The highest BCUT2D eigenvalue weighted by atomic mass is 16.1. The average molecular weight is 322 g/mol. The third kappa shape index (κ3) is 4.11. The second kappa shape index (κ2) is 8.11. The van der Waals surface area contributed by atoms with Crippen molar-refractivity contribution in [1.29, 1.82) is 5.26 Å². The highest BCUT2D eigenvalue weighted by Gasteiger charge is 2.12. The molecule has 0 bridgehead atoms. The van der Waals surface area contributed by atoms with Crippen LogP contribution in [0, 0.1) is 25.2 Å². The molecule has 124 valence electrons. The molecule has 5 heteroatoms. The molecular weight excluding hydrogens is 300 g/mol. The normalized spacial score (nSPS) is 11.2. The Hall–Kier alpha value is -2.87. The van der Waals surface area contributed by atoms with Gasteiger partial charge >= 0.3 is 0 Å². The number of aryl methyl sites for hydroxylation is 1. The molecule has 1 N–H and O–H groups in total. The molecule has 0 unspecified atom stereocenters. The van der Waals surface area contributed by atoms with Crippen molar-refractivity contribution in [2.75, 3.05) is 0 Å². The van der Waals surface area contributed by atoms with Gasteiger partial charge in [-0.1, -0.05) is 13.0 Å². The van der Waals surface area contributed by atoms with E-state index in [0.29, 0.717) is 6.54 Å². The molecule has 24 heavy (non-hydrogen) atoms. The summed E-state index contributed by atoms with van der Waals surface area (Å²) >= 11 is 0. The summed E-state index contributed by atoms with van der Waals surface area (Å²) in [6.45, 7) is 7.40. The van der Waals surface area contributed by atoms with Gasteiger partial charge in [-0.25, -0.2) is 0 Å². The Balaban J connectivity index is 2.16. The number of amides is 1. The van der Waals surface area contributed by atoms with Crippen LogP contribution in [0.1, 0.15) is 36.0 Å². The highest BCUT2D eigenvalue weighted by molar-refractivity contribution is 6.01. The van der Waals surface area contributed by atoms with Crippen LogP contribution in [0.4, 0.5) is 0 Å². The molecule has 2 aromatic heterocycles. The first-order chi connectivity index (χ1) is 11.6. The number of hydrogen-bond acceptors (Lipinski definition) is 3. The van der Waals surface area contributed by atoms with Gasteiger partial charge in [-0.05, 0) is 50.1 Å². The summed E-state index contributed by atoms with van der Waals surface area (Å²) in [6, 6.07) is 9.51. The number of nitrogens with one attached hydrogen (secondary N) is 1. The minimum absolute atomic E-state index is 0.0997. The second-order valence-electron chi connectivity index (χ2n) is 5.65. The smallest absolute Gasteiger partial charge is 0.262 e. The molecule has 0 aromatic carbocycles. The van der Waals surface area contributed by atoms with Crippen molar-refractivity contribution in [2.24, 2.45) is 0 Å². The number of rotatable bonds is 6. The number of pyridine rings is 1. The van der Waals surface area contributed by atoms with Crippen LogP contribution in [0.3, 0.4) is 0 Å². The van der Waals surface area contributed by atoms with E-state index in [1.165, 1.54) is 0 Å². The lowest BCUT2D eigenvalue weighted by molar-refractivity contribution is -0.117. The summed E-state index contributed by atoms with van der Waals surface area (Å²) in [4.78, 5) is 16.4. The number of carbonyl (C=O) groups excluding carboxylic acids is 1. The molecule has 0 radical (unpaired) electrons. The third-order valence-electron chi connectivity index (χ3n) is 3.88. The Kier molecular flexibility index (Phi) is 5.91. The maximum Gasteiger partial charge on any atom is 0.262 e. The fourth-order valence-electron chi connectivity index (χ4n) is 2.61. The van der Waals surface area contributed by atoms with Gasteiger partial charge in [-0.15, -0.1) is 0 Å². The molecule has 0 fully saturated rings. The maximum atomic E-state index is 12.2. The predicted molar refractivity (Wildman–Crippen MR) is 93.9 cm³/mol. The van der Waals surface area contributed by atoms with E-state index in [9.17, 15) is 10.1 Å². The van der Waals surface area contributed by atoms with E-state index in [4.69, 9.17) is 0 Å². The fraction of sp³-hybridized carbons (Fsp3) is 0.316. The first-order valence-electron chi connectivity index (χ1n) is 8.03. The SMILES string of the molecule is CCCn1c(C)cc(/C=C(\C#N)C(=O)NCc2ccccn2)c1C. The largest absolute Gasteiger partial charge is 0.349 e. The van der Waals surface area contributed by atoms with Gasteiger partial charge in [-0.3, -0.25) is 9.78 Å². The van der Waals surface area contributed by atoms with Gasteiger partial charge in [0.25, 0.3) is 5.91 Å². The minimum Gasteiger partial charge on any atom is -0.349 e. The van der Waals surface area contributed by atoms with Gasteiger partial charge in [0.05, 0.1) is 12.2 Å². The van der Waals surface area contributed by atoms with Crippen LogP contribution in [-0.2, 0) is 17.9 Å². The number of nitrogens with zero attached hydrogens (tertiary/aromatic N) is 3. The van der Waals surface area contributed by atoms with E-state index in [-0.39, 0.29) is 11.5 Å². The van der Waals surface area contributed by atoms with Gasteiger partial charge in [0.15, 0.2) is 0 Å². The lowest BCUT2D eigenvalue weighted by Gasteiger charge is -2.07. The van der Waals surface area contributed by atoms with E-state index in [0.717, 1.165) is 35.6 Å². The van der Waals surface area contributed by atoms with Crippen LogP contribution < -0.4 is 5.32 Å².